The molecule has 0 aliphatic heterocycles. The summed E-state index contributed by atoms with van der Waals surface area (Å²) < 4.78 is 25.2. The van der Waals surface area contributed by atoms with Crippen LogP contribution in [0.3, 0.4) is 0 Å². The number of aromatic nitrogens is 2. The maximum absolute atomic E-state index is 12.0. The molecule has 0 aliphatic rings. The molecule has 0 aromatic carbocycles. The first kappa shape index (κ1) is 12.9. The third kappa shape index (κ3) is 2.69. The van der Waals surface area contributed by atoms with Crippen molar-refractivity contribution in [1.82, 2.24) is 9.78 Å². The number of hydrogen-bond acceptors (Lipinski definition) is 4. The van der Waals surface area contributed by atoms with Crippen LogP contribution in [-0.4, -0.2) is 30.2 Å². The molecule has 0 N–H and O–H groups in total. The number of rotatable bonds is 5. The number of nitrogens with zero attached hydrogens (tertiary/aromatic N) is 2. The minimum Gasteiger partial charge on any atom is -0.298 e. The lowest BCUT2D eigenvalue weighted by atomic mass is 10.2. The first-order chi connectivity index (χ1) is 7.38. The summed E-state index contributed by atoms with van der Waals surface area (Å²) in [5.74, 6) is 0.355. The fraction of sp³-hybridized carbons (Fsp3) is 0.600. The van der Waals surface area contributed by atoms with Crippen molar-refractivity contribution in [1.29, 1.82) is 0 Å². The zero-order chi connectivity index (χ0) is 12.3. The molecule has 0 spiro atoms. The van der Waals surface area contributed by atoms with Gasteiger partial charge in [-0.1, -0.05) is 13.8 Å². The van der Waals surface area contributed by atoms with Gasteiger partial charge in [0.05, 0.1) is 17.5 Å². The van der Waals surface area contributed by atoms with Crippen LogP contribution < -0.4 is 0 Å². The number of carbonyl (C=O) groups is 1. The number of aldehydes is 1. The summed E-state index contributed by atoms with van der Waals surface area (Å²) in [5, 5.41) is 3.80. The Morgan fingerprint density at radius 2 is 2.12 bits per heavy atom. The lowest BCUT2D eigenvalue weighted by Crippen LogP contribution is -2.14. The molecule has 0 fully saturated rings. The first-order valence-electron chi connectivity index (χ1n) is 5.08. The highest BCUT2D eigenvalue weighted by Gasteiger charge is 2.23. The largest absolute Gasteiger partial charge is 0.298 e. The number of carbonyl (C=O) groups excluding carboxylic acids is 1. The molecule has 0 saturated heterocycles. The Bertz CT molecular complexity index is 474. The van der Waals surface area contributed by atoms with Crippen LogP contribution in [0, 0.1) is 5.92 Å². The Balaban J connectivity index is 3.06. The summed E-state index contributed by atoms with van der Waals surface area (Å²) in [6.45, 7) is 3.92. The van der Waals surface area contributed by atoms with Gasteiger partial charge in [-0.25, -0.2) is 8.42 Å². The molecule has 1 aromatic heterocycles. The molecule has 0 bridgehead atoms. The Labute approximate surface area is 95.4 Å². The molecule has 0 radical (unpaired) electrons. The number of hydrogen-bond donors (Lipinski definition) is 0. The van der Waals surface area contributed by atoms with Crippen LogP contribution >= 0.6 is 0 Å². The van der Waals surface area contributed by atoms with Crippen LogP contribution in [0.15, 0.2) is 11.2 Å². The standard InChI is InChI=1S/C10H16N2O3S/c1-8(2)4-5-16(14,15)10-9(7-13)6-11-12(10)3/h6-8H,4-5H2,1-3H3. The predicted octanol–water partition coefficient (Wildman–Crippen LogP) is 1.05. The van der Waals surface area contributed by atoms with Crippen molar-refractivity contribution in [3.8, 4) is 0 Å². The molecular weight excluding hydrogens is 228 g/mol. The van der Waals surface area contributed by atoms with Gasteiger partial charge in [-0.2, -0.15) is 5.10 Å². The Morgan fingerprint density at radius 1 is 1.50 bits per heavy atom. The second kappa shape index (κ2) is 4.78. The van der Waals surface area contributed by atoms with E-state index in [1.807, 2.05) is 13.8 Å². The van der Waals surface area contributed by atoms with Gasteiger partial charge < -0.3 is 0 Å². The van der Waals surface area contributed by atoms with Gasteiger partial charge in [-0.3, -0.25) is 9.48 Å². The maximum atomic E-state index is 12.0. The average Bonchev–Trinajstić information content (AvgIpc) is 2.57. The van der Waals surface area contributed by atoms with Gasteiger partial charge in [0, 0.05) is 7.05 Å². The van der Waals surface area contributed by atoms with E-state index in [0.717, 1.165) is 0 Å². The zero-order valence-corrected chi connectivity index (χ0v) is 10.5. The van der Waals surface area contributed by atoms with E-state index in [0.29, 0.717) is 18.6 Å². The van der Waals surface area contributed by atoms with Crippen LogP contribution in [0.2, 0.25) is 0 Å². The Kier molecular flexibility index (Phi) is 3.85. The maximum Gasteiger partial charge on any atom is 0.196 e. The lowest BCUT2D eigenvalue weighted by molar-refractivity contribution is 0.112. The second-order valence-electron chi connectivity index (χ2n) is 4.15. The second-order valence-corrected chi connectivity index (χ2v) is 6.17. The molecule has 6 heteroatoms. The molecule has 0 saturated carbocycles. The molecule has 1 heterocycles. The fourth-order valence-electron chi connectivity index (χ4n) is 1.39. The van der Waals surface area contributed by atoms with Crippen LogP contribution in [-0.2, 0) is 16.9 Å². The van der Waals surface area contributed by atoms with Gasteiger partial charge in [0.15, 0.2) is 21.1 Å². The molecule has 90 valence electrons. The highest BCUT2D eigenvalue weighted by Crippen LogP contribution is 2.16. The molecule has 5 nitrogen and oxygen atoms in total. The van der Waals surface area contributed by atoms with E-state index in [1.165, 1.54) is 17.9 Å². The summed E-state index contributed by atoms with van der Waals surface area (Å²) in [6, 6.07) is 0. The number of sulfone groups is 1. The van der Waals surface area contributed by atoms with E-state index in [2.05, 4.69) is 5.10 Å². The molecule has 0 amide bonds. The van der Waals surface area contributed by atoms with Crippen molar-refractivity contribution < 1.29 is 13.2 Å². The summed E-state index contributed by atoms with van der Waals surface area (Å²) in [5.41, 5.74) is 0.131. The third-order valence-electron chi connectivity index (χ3n) is 2.30. The smallest absolute Gasteiger partial charge is 0.196 e. The molecule has 16 heavy (non-hydrogen) atoms. The monoisotopic (exact) mass is 244 g/mol. The SMILES string of the molecule is CC(C)CCS(=O)(=O)c1c(C=O)cnn1C. The molecule has 0 atom stereocenters. The highest BCUT2D eigenvalue weighted by molar-refractivity contribution is 7.91. The van der Waals surface area contributed by atoms with Gasteiger partial charge in [-0.15, -0.1) is 0 Å². The Morgan fingerprint density at radius 3 is 2.62 bits per heavy atom. The zero-order valence-electron chi connectivity index (χ0n) is 9.67. The quantitative estimate of drug-likeness (QED) is 0.726. The van der Waals surface area contributed by atoms with Gasteiger partial charge in [0.1, 0.15) is 0 Å². The van der Waals surface area contributed by atoms with Gasteiger partial charge in [0.2, 0.25) is 0 Å². The summed E-state index contributed by atoms with van der Waals surface area (Å²) >= 11 is 0. The molecule has 1 aromatic rings. The number of aryl methyl sites for hydroxylation is 1. The molecule has 0 aliphatic carbocycles. The molecule has 1 rings (SSSR count). The Hall–Kier alpha value is -1.17. The van der Waals surface area contributed by atoms with Crippen molar-refractivity contribution in [3.63, 3.8) is 0 Å². The fourth-order valence-corrected chi connectivity index (χ4v) is 3.28. The van der Waals surface area contributed by atoms with Gasteiger partial charge >= 0.3 is 0 Å². The van der Waals surface area contributed by atoms with E-state index < -0.39 is 9.84 Å². The van der Waals surface area contributed by atoms with Crippen LogP contribution in [0.25, 0.3) is 0 Å². The summed E-state index contributed by atoms with van der Waals surface area (Å²) in [4.78, 5) is 10.7. The van der Waals surface area contributed by atoms with Gasteiger partial charge in [-0.05, 0) is 12.3 Å². The van der Waals surface area contributed by atoms with E-state index in [-0.39, 0.29) is 16.3 Å². The van der Waals surface area contributed by atoms with Crippen molar-refractivity contribution in [2.75, 3.05) is 5.75 Å². The normalized spacial score (nSPS) is 12.0. The average molecular weight is 244 g/mol. The van der Waals surface area contributed by atoms with E-state index in [9.17, 15) is 13.2 Å². The lowest BCUT2D eigenvalue weighted by Gasteiger charge is -2.07. The minimum atomic E-state index is -3.42. The summed E-state index contributed by atoms with van der Waals surface area (Å²) in [7, 11) is -1.89. The van der Waals surface area contributed by atoms with Crippen LogP contribution in [0.1, 0.15) is 30.6 Å². The van der Waals surface area contributed by atoms with Crippen molar-refractivity contribution in [2.24, 2.45) is 13.0 Å². The van der Waals surface area contributed by atoms with Crippen molar-refractivity contribution in [2.45, 2.75) is 25.3 Å². The van der Waals surface area contributed by atoms with Crippen molar-refractivity contribution in [3.05, 3.63) is 11.8 Å². The highest BCUT2D eigenvalue weighted by atomic mass is 32.2. The predicted molar refractivity (Wildman–Crippen MR) is 60.1 cm³/mol. The van der Waals surface area contributed by atoms with Crippen LogP contribution in [0.4, 0.5) is 0 Å². The van der Waals surface area contributed by atoms with E-state index in [1.54, 1.807) is 0 Å². The minimum absolute atomic E-state index is 0.0168. The molecule has 0 unspecified atom stereocenters. The van der Waals surface area contributed by atoms with Crippen LogP contribution in [0.5, 0.6) is 0 Å². The van der Waals surface area contributed by atoms with E-state index >= 15 is 0 Å². The first-order valence-corrected chi connectivity index (χ1v) is 6.73. The van der Waals surface area contributed by atoms with E-state index in [4.69, 9.17) is 0 Å². The third-order valence-corrected chi connectivity index (χ3v) is 4.16. The van der Waals surface area contributed by atoms with Crippen molar-refractivity contribution >= 4 is 16.1 Å². The summed E-state index contributed by atoms with van der Waals surface area (Å²) in [6.07, 6.45) is 2.37. The molecular formula is C10H16N2O3S. The van der Waals surface area contributed by atoms with Gasteiger partial charge in [0.25, 0.3) is 0 Å². The topological polar surface area (TPSA) is 69.0 Å².